The van der Waals surface area contributed by atoms with Crippen molar-refractivity contribution in [2.45, 2.75) is 50.0 Å². The molecular formula is C18H25N3O5S. The molecule has 148 valence electrons. The molecule has 0 unspecified atom stereocenters. The zero-order valence-corrected chi connectivity index (χ0v) is 16.4. The molecule has 1 fully saturated rings. The summed E-state index contributed by atoms with van der Waals surface area (Å²) in [6, 6.07) is 3.09. The van der Waals surface area contributed by atoms with Gasteiger partial charge in [0, 0.05) is 19.2 Å². The maximum absolute atomic E-state index is 12.9. The number of carbonyl (C=O) groups is 2. The van der Waals surface area contributed by atoms with E-state index in [2.05, 4.69) is 10.6 Å². The quantitative estimate of drug-likeness (QED) is 0.784. The van der Waals surface area contributed by atoms with Crippen LogP contribution in [0.1, 0.15) is 37.7 Å². The van der Waals surface area contributed by atoms with Gasteiger partial charge in [-0.1, -0.05) is 19.3 Å². The van der Waals surface area contributed by atoms with Crippen LogP contribution in [0, 0.1) is 6.92 Å². The van der Waals surface area contributed by atoms with Crippen molar-refractivity contribution >= 4 is 27.5 Å². The zero-order valence-electron chi connectivity index (χ0n) is 15.6. The lowest BCUT2D eigenvalue weighted by atomic mass is 9.95. The highest BCUT2D eigenvalue weighted by molar-refractivity contribution is 7.89. The summed E-state index contributed by atoms with van der Waals surface area (Å²) in [5.74, 6) is -0.278. The molecule has 1 aromatic rings. The van der Waals surface area contributed by atoms with Crippen LogP contribution in [0.4, 0.5) is 5.69 Å². The number of aryl methyl sites for hydroxylation is 1. The van der Waals surface area contributed by atoms with Crippen LogP contribution >= 0.6 is 0 Å². The van der Waals surface area contributed by atoms with Crippen molar-refractivity contribution in [2.24, 2.45) is 0 Å². The van der Waals surface area contributed by atoms with Gasteiger partial charge in [0.1, 0.15) is 5.75 Å². The number of sulfonamides is 1. The minimum atomic E-state index is -3.87. The molecule has 2 N–H and O–H groups in total. The van der Waals surface area contributed by atoms with Gasteiger partial charge in [0.15, 0.2) is 6.61 Å². The van der Waals surface area contributed by atoms with Gasteiger partial charge in [0.05, 0.1) is 17.1 Å². The van der Waals surface area contributed by atoms with Crippen LogP contribution in [0.3, 0.4) is 0 Å². The molecule has 0 saturated heterocycles. The minimum Gasteiger partial charge on any atom is -0.482 e. The smallest absolute Gasteiger partial charge is 0.262 e. The minimum absolute atomic E-state index is 0.0605. The summed E-state index contributed by atoms with van der Waals surface area (Å²) < 4.78 is 32.2. The lowest BCUT2D eigenvalue weighted by Crippen LogP contribution is -2.43. The predicted molar refractivity (Wildman–Crippen MR) is 100 cm³/mol. The number of amides is 2. The number of nitrogens with zero attached hydrogens (tertiary/aromatic N) is 1. The van der Waals surface area contributed by atoms with Crippen LogP contribution in [0.15, 0.2) is 17.0 Å². The summed E-state index contributed by atoms with van der Waals surface area (Å²) >= 11 is 0. The van der Waals surface area contributed by atoms with E-state index < -0.39 is 10.0 Å². The summed E-state index contributed by atoms with van der Waals surface area (Å²) in [6.45, 7) is 1.24. The first kappa shape index (κ1) is 19.6. The zero-order chi connectivity index (χ0) is 19.6. The Labute approximate surface area is 159 Å². The molecule has 9 heteroatoms. The summed E-state index contributed by atoms with van der Waals surface area (Å²) in [6.07, 6.45) is 5.24. The predicted octanol–water partition coefficient (Wildman–Crippen LogP) is 1.40. The SMILES string of the molecule is Cc1cc2c(cc1S(=O)(=O)N(C)CC(=O)NC1CCCCC1)OCC(=O)N2. The molecule has 1 aliphatic heterocycles. The van der Waals surface area contributed by atoms with Crippen molar-refractivity contribution < 1.29 is 22.7 Å². The fraction of sp³-hybridized carbons (Fsp3) is 0.556. The Bertz CT molecular complexity index is 847. The van der Waals surface area contributed by atoms with Gasteiger partial charge in [-0.3, -0.25) is 9.59 Å². The van der Waals surface area contributed by atoms with Crippen molar-refractivity contribution in [1.29, 1.82) is 0 Å². The molecule has 1 aliphatic carbocycles. The second-order valence-corrected chi connectivity index (χ2v) is 9.13. The number of fused-ring (bicyclic) bond motifs is 1. The molecule has 0 bridgehead atoms. The molecule has 1 aromatic carbocycles. The Morgan fingerprint density at radius 3 is 2.70 bits per heavy atom. The third-order valence-electron chi connectivity index (χ3n) is 4.93. The molecule has 1 heterocycles. The number of hydrogen-bond acceptors (Lipinski definition) is 5. The first-order chi connectivity index (χ1) is 12.8. The first-order valence-electron chi connectivity index (χ1n) is 9.10. The lowest BCUT2D eigenvalue weighted by Gasteiger charge is -2.25. The van der Waals surface area contributed by atoms with E-state index in [-0.39, 0.29) is 35.9 Å². The van der Waals surface area contributed by atoms with E-state index in [9.17, 15) is 18.0 Å². The molecule has 0 aromatic heterocycles. The number of ether oxygens (including phenoxy) is 1. The highest BCUT2D eigenvalue weighted by Gasteiger charge is 2.28. The molecular weight excluding hydrogens is 370 g/mol. The van der Waals surface area contributed by atoms with Crippen molar-refractivity contribution in [1.82, 2.24) is 9.62 Å². The average molecular weight is 395 g/mol. The first-order valence-corrected chi connectivity index (χ1v) is 10.5. The fourth-order valence-corrected chi connectivity index (χ4v) is 4.81. The van der Waals surface area contributed by atoms with E-state index in [0.29, 0.717) is 17.0 Å². The van der Waals surface area contributed by atoms with E-state index in [1.54, 1.807) is 13.0 Å². The summed E-state index contributed by atoms with van der Waals surface area (Å²) in [5, 5.41) is 5.58. The maximum Gasteiger partial charge on any atom is 0.262 e. The highest BCUT2D eigenvalue weighted by Crippen LogP contribution is 2.33. The van der Waals surface area contributed by atoms with Crippen LogP contribution in [-0.2, 0) is 19.6 Å². The van der Waals surface area contributed by atoms with Crippen molar-refractivity contribution in [3.8, 4) is 5.75 Å². The molecule has 0 radical (unpaired) electrons. The largest absolute Gasteiger partial charge is 0.482 e. The molecule has 1 saturated carbocycles. The summed E-state index contributed by atoms with van der Waals surface area (Å²) in [7, 11) is -2.49. The molecule has 2 aliphatic rings. The summed E-state index contributed by atoms with van der Waals surface area (Å²) in [4.78, 5) is 23.7. The van der Waals surface area contributed by atoms with Crippen molar-refractivity contribution in [3.05, 3.63) is 17.7 Å². The van der Waals surface area contributed by atoms with E-state index in [4.69, 9.17) is 4.74 Å². The van der Waals surface area contributed by atoms with E-state index in [1.807, 2.05) is 0 Å². The van der Waals surface area contributed by atoms with Crippen LogP contribution in [0.25, 0.3) is 0 Å². The number of rotatable bonds is 5. The fourth-order valence-electron chi connectivity index (χ4n) is 3.47. The average Bonchev–Trinajstić information content (AvgIpc) is 2.61. The number of nitrogens with one attached hydrogen (secondary N) is 2. The molecule has 2 amide bonds. The Kier molecular flexibility index (Phi) is 5.71. The third kappa shape index (κ3) is 4.41. The van der Waals surface area contributed by atoms with Crippen LogP contribution in [0.2, 0.25) is 0 Å². The highest BCUT2D eigenvalue weighted by atomic mass is 32.2. The maximum atomic E-state index is 12.9. The molecule has 27 heavy (non-hydrogen) atoms. The summed E-state index contributed by atoms with van der Waals surface area (Å²) in [5.41, 5.74) is 0.916. The van der Waals surface area contributed by atoms with Gasteiger partial charge in [-0.05, 0) is 31.4 Å². The molecule has 3 rings (SSSR count). The number of anilines is 1. The van der Waals surface area contributed by atoms with E-state index in [1.165, 1.54) is 19.5 Å². The van der Waals surface area contributed by atoms with Gasteiger partial charge in [-0.25, -0.2) is 8.42 Å². The monoisotopic (exact) mass is 395 g/mol. The van der Waals surface area contributed by atoms with Gasteiger partial charge in [-0.2, -0.15) is 4.31 Å². The van der Waals surface area contributed by atoms with Gasteiger partial charge in [0.25, 0.3) is 5.91 Å². The number of carbonyl (C=O) groups excluding carboxylic acids is 2. The Morgan fingerprint density at radius 1 is 1.30 bits per heavy atom. The van der Waals surface area contributed by atoms with Gasteiger partial charge in [0.2, 0.25) is 15.9 Å². The standard InChI is InChI=1S/C18H25N3O5S/c1-12-8-14-15(26-11-18(23)20-14)9-16(12)27(24,25)21(2)10-17(22)19-13-6-4-3-5-7-13/h8-9,13H,3-7,10-11H2,1-2H3,(H,19,22)(H,20,23). The number of hydrogen-bond donors (Lipinski definition) is 2. The lowest BCUT2D eigenvalue weighted by molar-refractivity contribution is -0.122. The van der Waals surface area contributed by atoms with Gasteiger partial charge < -0.3 is 15.4 Å². The molecule has 0 atom stereocenters. The molecule has 0 spiro atoms. The second-order valence-electron chi connectivity index (χ2n) is 7.11. The number of likely N-dealkylation sites (N-methyl/N-ethyl adjacent to an activating group) is 1. The second kappa shape index (κ2) is 7.85. The van der Waals surface area contributed by atoms with Crippen LogP contribution in [-0.4, -0.2) is 50.8 Å². The topological polar surface area (TPSA) is 105 Å². The number of benzene rings is 1. The van der Waals surface area contributed by atoms with Gasteiger partial charge in [-0.15, -0.1) is 0 Å². The van der Waals surface area contributed by atoms with Crippen molar-refractivity contribution in [3.63, 3.8) is 0 Å². The van der Waals surface area contributed by atoms with Crippen LogP contribution in [0.5, 0.6) is 5.75 Å². The Hall–Kier alpha value is -2.13. The van der Waals surface area contributed by atoms with Crippen LogP contribution < -0.4 is 15.4 Å². The van der Waals surface area contributed by atoms with Crippen molar-refractivity contribution in [2.75, 3.05) is 25.5 Å². The normalized spacial score (nSPS) is 17.8. The molecule has 8 nitrogen and oxygen atoms in total. The van der Waals surface area contributed by atoms with E-state index in [0.717, 1.165) is 30.0 Å². The Balaban J connectivity index is 1.73. The Morgan fingerprint density at radius 2 is 2.00 bits per heavy atom. The third-order valence-corrected chi connectivity index (χ3v) is 6.88. The van der Waals surface area contributed by atoms with E-state index >= 15 is 0 Å². The van der Waals surface area contributed by atoms with Gasteiger partial charge >= 0.3 is 0 Å².